The number of likely N-dealkylation sites (tertiary alicyclic amines) is 1. The molecule has 0 aliphatic carbocycles. The summed E-state index contributed by atoms with van der Waals surface area (Å²) in [5, 5.41) is 3.14. The Labute approximate surface area is 144 Å². The first kappa shape index (κ1) is 18.4. The fraction of sp³-hybridized carbons (Fsp3) is 0.611. The molecule has 1 aliphatic heterocycles. The lowest BCUT2D eigenvalue weighted by Crippen LogP contribution is -2.43. The van der Waals surface area contributed by atoms with Crippen LogP contribution in [0.4, 0.5) is 0 Å². The summed E-state index contributed by atoms with van der Waals surface area (Å²) in [7, 11) is 6.87. The summed E-state index contributed by atoms with van der Waals surface area (Å²) in [5.41, 5.74) is 0.989. The number of nitrogens with one attached hydrogen (secondary N) is 1. The van der Waals surface area contributed by atoms with E-state index >= 15 is 0 Å². The van der Waals surface area contributed by atoms with Crippen molar-refractivity contribution in [1.29, 1.82) is 0 Å². The number of piperidine rings is 1. The van der Waals surface area contributed by atoms with E-state index < -0.39 is 0 Å². The summed E-state index contributed by atoms with van der Waals surface area (Å²) in [6, 6.07) is 4.09. The van der Waals surface area contributed by atoms with Crippen molar-refractivity contribution in [3.63, 3.8) is 0 Å². The van der Waals surface area contributed by atoms with Crippen molar-refractivity contribution in [2.24, 2.45) is 0 Å². The van der Waals surface area contributed by atoms with E-state index in [0.717, 1.165) is 31.5 Å². The van der Waals surface area contributed by atoms with Gasteiger partial charge in [-0.3, -0.25) is 4.79 Å². The van der Waals surface area contributed by atoms with E-state index in [2.05, 4.69) is 17.3 Å². The van der Waals surface area contributed by atoms with Gasteiger partial charge in [-0.15, -0.1) is 0 Å². The zero-order valence-electron chi connectivity index (χ0n) is 15.1. The molecule has 0 bridgehead atoms. The van der Waals surface area contributed by atoms with Gasteiger partial charge in [0.15, 0.2) is 11.5 Å². The number of hydrogen-bond acceptors (Lipinski definition) is 5. The maximum absolute atomic E-state index is 12.2. The third kappa shape index (κ3) is 4.77. The van der Waals surface area contributed by atoms with E-state index in [1.54, 1.807) is 21.3 Å². The summed E-state index contributed by atoms with van der Waals surface area (Å²) in [6.45, 7) is 2.08. The lowest BCUT2D eigenvalue weighted by atomic mass is 10.0. The second kappa shape index (κ2) is 8.78. The van der Waals surface area contributed by atoms with Gasteiger partial charge >= 0.3 is 0 Å². The standard InChI is InChI=1S/C18H28N2O4/c1-20-9-7-14(8-10-20)19-17(21)6-5-13-11-15(22-2)18(24-4)16(12-13)23-3/h11-12,14H,5-10H2,1-4H3,(H,19,21). The zero-order valence-corrected chi connectivity index (χ0v) is 15.1. The third-order valence-electron chi connectivity index (χ3n) is 4.45. The van der Waals surface area contributed by atoms with Gasteiger partial charge in [-0.2, -0.15) is 0 Å². The van der Waals surface area contributed by atoms with Crippen LogP contribution in [0.5, 0.6) is 17.2 Å². The molecule has 0 saturated carbocycles. The van der Waals surface area contributed by atoms with Crippen LogP contribution in [0.3, 0.4) is 0 Å². The number of hydrogen-bond donors (Lipinski definition) is 1. The highest BCUT2D eigenvalue weighted by Gasteiger charge is 2.19. The highest BCUT2D eigenvalue weighted by Crippen LogP contribution is 2.38. The van der Waals surface area contributed by atoms with E-state index in [1.165, 1.54) is 0 Å². The predicted octanol–water partition coefficient (Wildman–Crippen LogP) is 1.86. The molecule has 0 radical (unpaired) electrons. The molecule has 0 aromatic heterocycles. The van der Waals surface area contributed by atoms with Gasteiger partial charge in [-0.05, 0) is 57.1 Å². The van der Waals surface area contributed by atoms with Crippen molar-refractivity contribution in [2.45, 2.75) is 31.7 Å². The Balaban J connectivity index is 1.92. The van der Waals surface area contributed by atoms with E-state index in [0.29, 0.717) is 36.1 Å². The Bertz CT molecular complexity index is 529. The number of benzene rings is 1. The lowest BCUT2D eigenvalue weighted by molar-refractivity contribution is -0.122. The minimum absolute atomic E-state index is 0.0957. The Morgan fingerprint density at radius 1 is 1.12 bits per heavy atom. The first-order valence-electron chi connectivity index (χ1n) is 8.34. The van der Waals surface area contributed by atoms with Gasteiger partial charge < -0.3 is 24.4 Å². The predicted molar refractivity (Wildman–Crippen MR) is 93.1 cm³/mol. The molecule has 134 valence electrons. The molecule has 1 heterocycles. The molecular formula is C18H28N2O4. The molecular weight excluding hydrogens is 308 g/mol. The molecule has 1 saturated heterocycles. The van der Waals surface area contributed by atoms with Crippen LogP contribution in [0.15, 0.2) is 12.1 Å². The van der Waals surface area contributed by atoms with Gasteiger partial charge in [-0.25, -0.2) is 0 Å². The molecule has 0 atom stereocenters. The van der Waals surface area contributed by atoms with Crippen LogP contribution in [0.2, 0.25) is 0 Å². The lowest BCUT2D eigenvalue weighted by Gasteiger charge is -2.29. The van der Waals surface area contributed by atoms with Crippen molar-refractivity contribution in [2.75, 3.05) is 41.5 Å². The average molecular weight is 336 g/mol. The molecule has 6 nitrogen and oxygen atoms in total. The molecule has 2 rings (SSSR count). The Hall–Kier alpha value is -1.95. The fourth-order valence-electron chi connectivity index (χ4n) is 2.99. The number of ether oxygens (including phenoxy) is 3. The summed E-state index contributed by atoms with van der Waals surface area (Å²) in [4.78, 5) is 14.5. The van der Waals surface area contributed by atoms with Gasteiger partial charge in [0, 0.05) is 12.5 Å². The highest BCUT2D eigenvalue weighted by molar-refractivity contribution is 5.76. The summed E-state index contributed by atoms with van der Waals surface area (Å²) in [5.74, 6) is 1.89. The van der Waals surface area contributed by atoms with Crippen LogP contribution in [-0.4, -0.2) is 58.3 Å². The minimum atomic E-state index is 0.0957. The third-order valence-corrected chi connectivity index (χ3v) is 4.45. The van der Waals surface area contributed by atoms with Crippen molar-refractivity contribution in [1.82, 2.24) is 10.2 Å². The maximum Gasteiger partial charge on any atom is 0.220 e. The molecule has 1 fully saturated rings. The van der Waals surface area contributed by atoms with E-state index in [-0.39, 0.29) is 5.91 Å². The van der Waals surface area contributed by atoms with E-state index in [9.17, 15) is 4.79 Å². The average Bonchev–Trinajstić information content (AvgIpc) is 2.60. The molecule has 0 unspecified atom stereocenters. The molecule has 1 aliphatic rings. The van der Waals surface area contributed by atoms with Gasteiger partial charge in [-0.1, -0.05) is 0 Å². The SMILES string of the molecule is COc1cc(CCC(=O)NC2CCN(C)CC2)cc(OC)c1OC. The van der Waals surface area contributed by atoms with Crippen LogP contribution in [0, 0.1) is 0 Å². The fourth-order valence-corrected chi connectivity index (χ4v) is 2.99. The number of methoxy groups -OCH3 is 3. The second-order valence-electron chi connectivity index (χ2n) is 6.18. The summed E-state index contributed by atoms with van der Waals surface area (Å²) >= 11 is 0. The molecule has 1 N–H and O–H groups in total. The molecule has 24 heavy (non-hydrogen) atoms. The smallest absolute Gasteiger partial charge is 0.220 e. The number of rotatable bonds is 7. The highest BCUT2D eigenvalue weighted by atomic mass is 16.5. The van der Waals surface area contributed by atoms with Gasteiger partial charge in [0.05, 0.1) is 21.3 Å². The van der Waals surface area contributed by atoms with Crippen molar-refractivity contribution in [3.8, 4) is 17.2 Å². The largest absolute Gasteiger partial charge is 0.493 e. The van der Waals surface area contributed by atoms with Crippen LogP contribution in [-0.2, 0) is 11.2 Å². The van der Waals surface area contributed by atoms with E-state index in [4.69, 9.17) is 14.2 Å². The Morgan fingerprint density at radius 2 is 1.71 bits per heavy atom. The van der Waals surface area contributed by atoms with Crippen LogP contribution in [0.25, 0.3) is 0 Å². The summed E-state index contributed by atoms with van der Waals surface area (Å²) < 4.78 is 16.0. The number of carbonyl (C=O) groups is 1. The monoisotopic (exact) mass is 336 g/mol. The number of carbonyl (C=O) groups excluding carboxylic acids is 1. The summed E-state index contributed by atoms with van der Waals surface area (Å²) in [6.07, 6.45) is 3.12. The normalized spacial score (nSPS) is 15.8. The van der Waals surface area contributed by atoms with Crippen LogP contribution >= 0.6 is 0 Å². The molecule has 6 heteroatoms. The molecule has 1 aromatic carbocycles. The number of nitrogens with zero attached hydrogens (tertiary/aromatic N) is 1. The number of aryl methyl sites for hydroxylation is 1. The molecule has 0 spiro atoms. The van der Waals surface area contributed by atoms with Crippen LogP contribution < -0.4 is 19.5 Å². The van der Waals surface area contributed by atoms with Crippen molar-refractivity contribution >= 4 is 5.91 Å². The first-order valence-corrected chi connectivity index (χ1v) is 8.34. The van der Waals surface area contributed by atoms with Gasteiger partial charge in [0.1, 0.15) is 0 Å². The Morgan fingerprint density at radius 3 is 2.21 bits per heavy atom. The Kier molecular flexibility index (Phi) is 6.73. The van der Waals surface area contributed by atoms with Gasteiger partial charge in [0.2, 0.25) is 11.7 Å². The van der Waals surface area contributed by atoms with Crippen molar-refractivity contribution < 1.29 is 19.0 Å². The van der Waals surface area contributed by atoms with Gasteiger partial charge in [0.25, 0.3) is 0 Å². The zero-order chi connectivity index (χ0) is 17.5. The topological polar surface area (TPSA) is 60.0 Å². The minimum Gasteiger partial charge on any atom is -0.493 e. The number of amides is 1. The second-order valence-corrected chi connectivity index (χ2v) is 6.18. The van der Waals surface area contributed by atoms with E-state index in [1.807, 2.05) is 12.1 Å². The van der Waals surface area contributed by atoms with Crippen LogP contribution in [0.1, 0.15) is 24.8 Å². The maximum atomic E-state index is 12.2. The molecule has 1 aromatic rings. The first-order chi connectivity index (χ1) is 11.6. The van der Waals surface area contributed by atoms with Crippen molar-refractivity contribution in [3.05, 3.63) is 17.7 Å². The molecule has 1 amide bonds. The quantitative estimate of drug-likeness (QED) is 0.823.